The van der Waals surface area contributed by atoms with Gasteiger partial charge in [0.15, 0.2) is 11.6 Å². The minimum Gasteiger partial charge on any atom is -0.488 e. The van der Waals surface area contributed by atoms with Crippen LogP contribution in [0.1, 0.15) is 117 Å². The summed E-state index contributed by atoms with van der Waals surface area (Å²) in [6.07, 6.45) is -3.86. The summed E-state index contributed by atoms with van der Waals surface area (Å²) in [5.41, 5.74) is 30.9. The monoisotopic (exact) mass is 1540 g/mol. The van der Waals surface area contributed by atoms with Crippen molar-refractivity contribution in [2.75, 3.05) is 45.9 Å². The summed E-state index contributed by atoms with van der Waals surface area (Å²) in [5, 5.41) is 54.3. The van der Waals surface area contributed by atoms with E-state index in [-0.39, 0.29) is 102 Å². The highest BCUT2D eigenvalue weighted by atomic mass is 19.1. The number of nitrogens with two attached hydrogens (primary N) is 5. The summed E-state index contributed by atoms with van der Waals surface area (Å²) in [4.78, 5) is 178. The molecular weight excluding hydrogens is 1440 g/mol. The molecule has 1 fully saturated rings. The fraction of sp³-hybridized carbons (Fsp3) is 0.556. The number of nitrogens with one attached hydrogen (secondary N) is 12. The Bertz CT molecular complexity index is 4030. The smallest absolute Gasteiger partial charge is 0.312 e. The SMILES string of the molecule is Cc1cc2c(F)c(Oc3ncnn4cc(OC[C@@H](C)OC(=O)C(C)(C)CC(=O)N[C@@H](CCN)C(=O)N[C@H](C(=O)N[C@@H](CCN)C(=O)N[C@H]5CCNC(=O)[C@H]([C@@H](C)O)NC(=O)[C@H](CCN)NC(=O)C(CCN)NC(=O)[C@H](CC(C)C)NC(=O)[C@@H](Cc6ccccc6)NC(=O)[C@H](CCN)NC5=O)[C@@H](C)O)c(C)c34)ccc2[nH]1. The maximum atomic E-state index is 15.5. The number of ether oxygens (including phenoxy) is 3. The molecule has 3 aromatic heterocycles. The van der Waals surface area contributed by atoms with Gasteiger partial charge >= 0.3 is 5.97 Å². The van der Waals surface area contributed by atoms with Gasteiger partial charge in [0.2, 0.25) is 70.9 Å². The molecule has 0 spiro atoms. The van der Waals surface area contributed by atoms with Gasteiger partial charge in [0.25, 0.3) is 0 Å². The van der Waals surface area contributed by atoms with E-state index in [0.29, 0.717) is 33.3 Å². The van der Waals surface area contributed by atoms with E-state index in [1.807, 2.05) is 0 Å². The van der Waals surface area contributed by atoms with Crippen LogP contribution in [-0.4, -0.2) is 225 Å². The first-order valence-electron chi connectivity index (χ1n) is 36.5. The maximum Gasteiger partial charge on any atom is 0.312 e. The predicted molar refractivity (Wildman–Crippen MR) is 398 cm³/mol. The Morgan fingerprint density at radius 2 is 1.24 bits per heavy atom. The van der Waals surface area contributed by atoms with Crippen LogP contribution in [0.25, 0.3) is 16.4 Å². The first-order chi connectivity index (χ1) is 52.1. The van der Waals surface area contributed by atoms with Crippen LogP contribution in [-0.2, 0) is 68.7 Å². The van der Waals surface area contributed by atoms with Crippen LogP contribution in [0.5, 0.6) is 17.4 Å². The molecule has 1 aliphatic rings. The second kappa shape index (κ2) is 41.9. The van der Waals surface area contributed by atoms with Gasteiger partial charge in [-0.1, -0.05) is 44.2 Å². The van der Waals surface area contributed by atoms with Gasteiger partial charge in [-0.2, -0.15) is 10.1 Å². The summed E-state index contributed by atoms with van der Waals surface area (Å²) in [6.45, 7) is 12.0. The van der Waals surface area contributed by atoms with Crippen molar-refractivity contribution in [3.05, 3.63) is 83.7 Å². The van der Waals surface area contributed by atoms with E-state index in [4.69, 9.17) is 42.9 Å². The van der Waals surface area contributed by atoms with E-state index in [1.54, 1.807) is 83.3 Å². The van der Waals surface area contributed by atoms with Gasteiger partial charge in [0.05, 0.1) is 23.8 Å². The lowest BCUT2D eigenvalue weighted by molar-refractivity contribution is -0.162. The maximum absolute atomic E-state index is 15.5. The number of nitrogens with zero attached hydrogens (tertiary/aromatic N) is 3. The number of aliphatic hydroxyl groups excluding tert-OH is 2. The summed E-state index contributed by atoms with van der Waals surface area (Å²) < 4.78 is 34.7. The third kappa shape index (κ3) is 25.3. The lowest BCUT2D eigenvalue weighted by Gasteiger charge is -2.29. The van der Waals surface area contributed by atoms with Crippen LogP contribution in [0, 0.1) is 31.0 Å². The Morgan fingerprint density at radius 1 is 0.673 bits per heavy atom. The van der Waals surface area contributed by atoms with Gasteiger partial charge in [-0.3, -0.25) is 57.5 Å². The molecule has 0 radical (unpaired) electrons. The molecule has 38 heteroatoms. The van der Waals surface area contributed by atoms with Gasteiger partial charge in [-0.15, -0.1) is 0 Å². The van der Waals surface area contributed by atoms with E-state index in [2.05, 4.69) is 73.6 Å². The number of amides is 11. The molecular formula is C72H107FN20O17. The average Bonchev–Trinajstić information content (AvgIpc) is 1.63. The third-order valence-electron chi connectivity index (χ3n) is 17.9. The Kier molecular flexibility index (Phi) is 33.7. The summed E-state index contributed by atoms with van der Waals surface area (Å²) >= 11 is 0. The quantitative estimate of drug-likeness (QED) is 0.0187. The normalized spacial score (nSPS) is 20.5. The number of aromatic nitrogens is 4. The van der Waals surface area contributed by atoms with Crippen LogP contribution in [0.4, 0.5) is 4.39 Å². The van der Waals surface area contributed by atoms with E-state index < -0.39 is 180 Å². The number of aromatic amines is 1. The van der Waals surface area contributed by atoms with Crippen molar-refractivity contribution in [2.45, 2.75) is 199 Å². The van der Waals surface area contributed by atoms with Crippen LogP contribution >= 0.6 is 0 Å². The van der Waals surface area contributed by atoms with Crippen molar-refractivity contribution in [1.29, 1.82) is 0 Å². The van der Waals surface area contributed by atoms with Crippen molar-refractivity contribution >= 4 is 87.4 Å². The number of rotatable bonds is 32. The highest BCUT2D eigenvalue weighted by Gasteiger charge is 2.40. The number of H-pyrrole nitrogens is 1. The number of benzene rings is 2. The molecule has 6 rings (SSSR count). The third-order valence-corrected chi connectivity index (χ3v) is 17.9. The number of fused-ring (bicyclic) bond motifs is 2. The largest absolute Gasteiger partial charge is 0.488 e. The highest BCUT2D eigenvalue weighted by Crippen LogP contribution is 2.35. The number of carbonyl (C=O) groups is 12. The molecule has 11 amide bonds. The van der Waals surface area contributed by atoms with Crippen molar-refractivity contribution < 1.29 is 86.3 Å². The fourth-order valence-corrected chi connectivity index (χ4v) is 12.0. The molecule has 110 heavy (non-hydrogen) atoms. The first-order valence-corrected chi connectivity index (χ1v) is 36.5. The van der Waals surface area contributed by atoms with E-state index in [0.717, 1.165) is 12.6 Å². The van der Waals surface area contributed by atoms with Gasteiger partial charge < -0.3 is 117 Å². The molecule has 1 aliphatic heterocycles. The molecule has 5 aromatic rings. The van der Waals surface area contributed by atoms with Crippen molar-refractivity contribution in [1.82, 2.24) is 78.1 Å². The predicted octanol–water partition coefficient (Wildman–Crippen LogP) is -3.35. The molecule has 0 bridgehead atoms. The number of aliphatic hydroxyl groups is 2. The number of hydrogen-bond acceptors (Lipinski definition) is 24. The Balaban J connectivity index is 1.17. The van der Waals surface area contributed by atoms with E-state index in [1.165, 1.54) is 37.7 Å². The van der Waals surface area contributed by atoms with Crippen molar-refractivity contribution in [2.24, 2.45) is 40.0 Å². The molecule has 0 saturated carbocycles. The minimum atomic E-state index is -1.86. The summed E-state index contributed by atoms with van der Waals surface area (Å²) in [6, 6.07) is -2.38. The van der Waals surface area contributed by atoms with Gasteiger partial charge in [-0.05, 0) is 156 Å². The van der Waals surface area contributed by atoms with E-state index in [9.17, 15) is 67.7 Å². The zero-order chi connectivity index (χ0) is 81.3. The number of carbonyl (C=O) groups excluding carboxylic acids is 12. The molecule has 1 saturated heterocycles. The molecule has 4 heterocycles. The van der Waals surface area contributed by atoms with Crippen molar-refractivity contribution in [3.8, 4) is 17.4 Å². The summed E-state index contributed by atoms with van der Waals surface area (Å²) in [5.74, 6) is -12.1. The molecule has 2 aromatic carbocycles. The standard InChI is InChI=1S/C72H107FN20O17/c1-36(2)29-51-66(103)86-46(18-24-75)60(97)85-49(21-27-78)65(102)91-57(40(6)94)68(105)79-28-22-50(63(100)84-47(19-25-76)62(99)90-52(67(104)89-51)31-42-13-11-10-12-14-42)87-61(98)48(20-26-77)88-69(106)58(41(7)95)92-64(101)45(17-23-74)83-55(96)32-72(8,9)71(107)109-38(4)34-108-54-33-93-59(39(54)5)70(80-35-81-93)110-53-16-15-44-43(56(53)73)30-37(3)82-44/h10-16,30,33,35-36,38,40-41,45-52,57-58,82,94-95H,17-29,31-32,34,74-78H2,1-9H3,(H,79,105)(H,83,96)(H,84,100)(H,85,97)(H,86,103)(H,87,98)(H,88,106)(H,89,104)(H,90,99)(H,91,102)(H,92,101)/t38-,40-,41-,45+,46?,47+,48+,49+,50+,51+,52-,57+,58+/m1/s1. The number of esters is 1. The topological polar surface area (TPSA) is 581 Å². The second-order valence-electron chi connectivity index (χ2n) is 28.2. The Hall–Kier alpha value is -10.5. The van der Waals surface area contributed by atoms with Crippen LogP contribution in [0.2, 0.25) is 0 Å². The molecule has 0 aliphatic carbocycles. The zero-order valence-electron chi connectivity index (χ0n) is 63.3. The molecule has 604 valence electrons. The lowest BCUT2D eigenvalue weighted by atomic mass is 9.89. The average molecular weight is 1540 g/mol. The van der Waals surface area contributed by atoms with Gasteiger partial charge in [0, 0.05) is 41.5 Å². The number of aryl methyl sites for hydroxylation is 2. The number of halogens is 1. The first kappa shape index (κ1) is 88.4. The number of hydrogen-bond donors (Lipinski definition) is 19. The molecule has 24 N–H and O–H groups in total. The lowest BCUT2D eigenvalue weighted by Crippen LogP contribution is -2.62. The van der Waals surface area contributed by atoms with Crippen LogP contribution in [0.3, 0.4) is 0 Å². The summed E-state index contributed by atoms with van der Waals surface area (Å²) in [7, 11) is 0. The van der Waals surface area contributed by atoms with Crippen molar-refractivity contribution in [3.63, 3.8) is 0 Å². The zero-order valence-corrected chi connectivity index (χ0v) is 63.3. The van der Waals surface area contributed by atoms with Gasteiger partial charge in [0.1, 0.15) is 90.7 Å². The molecule has 37 nitrogen and oxygen atoms in total. The highest BCUT2D eigenvalue weighted by molar-refractivity contribution is 6.00. The molecule has 1 unspecified atom stereocenters. The van der Waals surface area contributed by atoms with Gasteiger partial charge in [-0.25, -0.2) is 8.91 Å². The Morgan fingerprint density at radius 3 is 1.82 bits per heavy atom. The fourth-order valence-electron chi connectivity index (χ4n) is 12.0. The minimum absolute atomic E-state index is 0.0165. The second-order valence-corrected chi connectivity index (χ2v) is 28.2. The van der Waals surface area contributed by atoms with E-state index >= 15 is 4.39 Å². The molecule has 13 atom stereocenters. The Labute approximate surface area is 635 Å². The van der Waals surface area contributed by atoms with Crippen LogP contribution < -0.4 is 96.6 Å². The van der Waals surface area contributed by atoms with Crippen LogP contribution in [0.15, 0.2) is 61.1 Å².